The monoisotopic (exact) mass is 403 g/mol. The van der Waals surface area contributed by atoms with E-state index in [2.05, 4.69) is 32.8 Å². The van der Waals surface area contributed by atoms with Gasteiger partial charge in [-0.2, -0.15) is 0 Å². The molecule has 2 heterocycles. The summed E-state index contributed by atoms with van der Waals surface area (Å²) in [4.78, 5) is 22.9. The summed E-state index contributed by atoms with van der Waals surface area (Å²) in [5.74, 6) is 1.65. The predicted molar refractivity (Wildman–Crippen MR) is 120 cm³/mol. The molecule has 1 atom stereocenters. The maximum Gasteiger partial charge on any atom is 0.262 e. The van der Waals surface area contributed by atoms with E-state index in [-0.39, 0.29) is 5.56 Å². The molecule has 0 amide bonds. The van der Waals surface area contributed by atoms with Crippen molar-refractivity contribution in [1.29, 1.82) is 0 Å². The Kier molecular flexibility index (Phi) is 7.69. The van der Waals surface area contributed by atoms with Crippen LogP contribution >= 0.6 is 11.3 Å². The van der Waals surface area contributed by atoms with E-state index >= 15 is 0 Å². The smallest absolute Gasteiger partial charge is 0.262 e. The van der Waals surface area contributed by atoms with Crippen LogP contribution in [0.3, 0.4) is 0 Å². The molecule has 2 aromatic heterocycles. The summed E-state index contributed by atoms with van der Waals surface area (Å²) < 4.78 is 1.99. The molecule has 1 aliphatic rings. The molecule has 28 heavy (non-hydrogen) atoms. The second-order valence-electron chi connectivity index (χ2n) is 8.88. The normalized spacial score (nSPS) is 16.8. The second-order valence-corrected chi connectivity index (χ2v) is 9.96. The molecule has 3 rings (SSSR count). The van der Waals surface area contributed by atoms with Gasteiger partial charge in [0.25, 0.3) is 5.56 Å². The minimum absolute atomic E-state index is 0.208. The lowest BCUT2D eigenvalue weighted by Gasteiger charge is -2.18. The van der Waals surface area contributed by atoms with Crippen LogP contribution in [0.4, 0.5) is 0 Å². The van der Waals surface area contributed by atoms with Crippen molar-refractivity contribution in [3.63, 3.8) is 0 Å². The van der Waals surface area contributed by atoms with Crippen LogP contribution in [0.2, 0.25) is 0 Å². The van der Waals surface area contributed by atoms with Crippen LogP contribution in [0, 0.1) is 5.92 Å². The van der Waals surface area contributed by atoms with Gasteiger partial charge in [-0.05, 0) is 51.3 Å². The van der Waals surface area contributed by atoms with Gasteiger partial charge in [0.1, 0.15) is 10.7 Å². The summed E-state index contributed by atoms with van der Waals surface area (Å²) in [7, 11) is 4.10. The van der Waals surface area contributed by atoms with Crippen LogP contribution in [0.15, 0.2) is 4.79 Å². The van der Waals surface area contributed by atoms with Crippen LogP contribution in [0.25, 0.3) is 10.2 Å². The van der Waals surface area contributed by atoms with Crippen LogP contribution < -0.4 is 5.56 Å². The van der Waals surface area contributed by atoms with Gasteiger partial charge in [-0.3, -0.25) is 9.36 Å². The number of fused-ring (bicyclic) bond motifs is 3. The zero-order valence-electron chi connectivity index (χ0n) is 18.2. The molecule has 0 spiro atoms. The lowest BCUT2D eigenvalue weighted by atomic mass is 9.89. The molecule has 0 saturated heterocycles. The molecule has 0 bridgehead atoms. The van der Waals surface area contributed by atoms with Crippen molar-refractivity contribution in [3.05, 3.63) is 26.6 Å². The first-order valence-corrected chi connectivity index (χ1v) is 12.0. The van der Waals surface area contributed by atoms with Gasteiger partial charge in [-0.15, -0.1) is 11.3 Å². The molecule has 0 aliphatic heterocycles. The Labute approximate surface area is 174 Å². The lowest BCUT2D eigenvalue weighted by Crippen LogP contribution is -2.28. The Morgan fingerprint density at radius 2 is 1.86 bits per heavy atom. The molecule has 0 N–H and O–H groups in total. The first-order chi connectivity index (χ1) is 13.5. The van der Waals surface area contributed by atoms with Crippen LogP contribution in [-0.4, -0.2) is 28.5 Å². The minimum atomic E-state index is 0.208. The highest BCUT2D eigenvalue weighted by Crippen LogP contribution is 2.35. The van der Waals surface area contributed by atoms with E-state index in [0.29, 0.717) is 0 Å². The number of nitrogens with zero attached hydrogens (tertiary/aromatic N) is 3. The predicted octanol–water partition coefficient (Wildman–Crippen LogP) is 5.40. The molecule has 1 unspecified atom stereocenters. The van der Waals surface area contributed by atoms with Crippen molar-refractivity contribution in [2.75, 3.05) is 14.1 Å². The van der Waals surface area contributed by atoms with E-state index in [1.54, 1.807) is 11.3 Å². The summed E-state index contributed by atoms with van der Waals surface area (Å²) in [5.41, 5.74) is 1.51. The fourth-order valence-corrected chi connectivity index (χ4v) is 5.72. The van der Waals surface area contributed by atoms with Crippen LogP contribution in [0.5, 0.6) is 0 Å². The fraction of sp³-hybridized carbons (Fsp3) is 0.739. The van der Waals surface area contributed by atoms with Gasteiger partial charge in [-0.25, -0.2) is 4.98 Å². The Bertz CT molecular complexity index is 836. The Morgan fingerprint density at radius 1 is 1.14 bits per heavy atom. The molecule has 2 aromatic rings. The standard InChI is InChI=1S/C23H37N3OS/c1-5-6-7-8-9-10-11-14-26-20(16-25(3)4)24-22-21(23(26)27)18-13-12-17(2)15-19(18)28-22/h17H,5-16H2,1-4H3. The van der Waals surface area contributed by atoms with Crippen molar-refractivity contribution < 1.29 is 0 Å². The third kappa shape index (κ3) is 5.04. The van der Waals surface area contributed by atoms with Gasteiger partial charge in [0, 0.05) is 11.4 Å². The number of thiophene rings is 1. The number of unbranched alkanes of at least 4 members (excludes halogenated alkanes) is 6. The number of aryl methyl sites for hydroxylation is 1. The minimum Gasteiger partial charge on any atom is -0.302 e. The average Bonchev–Trinajstić information content (AvgIpc) is 2.99. The Hall–Kier alpha value is -1.20. The molecule has 0 saturated carbocycles. The first kappa shape index (κ1) is 21.5. The van der Waals surface area contributed by atoms with Crippen molar-refractivity contribution in [2.24, 2.45) is 5.92 Å². The third-order valence-electron chi connectivity index (χ3n) is 5.94. The van der Waals surface area contributed by atoms with E-state index in [4.69, 9.17) is 4.98 Å². The topological polar surface area (TPSA) is 38.1 Å². The molecule has 0 aromatic carbocycles. The highest BCUT2D eigenvalue weighted by molar-refractivity contribution is 7.18. The molecule has 1 aliphatic carbocycles. The van der Waals surface area contributed by atoms with E-state index < -0.39 is 0 Å². The molecule has 5 heteroatoms. The summed E-state index contributed by atoms with van der Waals surface area (Å²) in [6, 6.07) is 0. The van der Waals surface area contributed by atoms with Crippen molar-refractivity contribution in [2.45, 2.75) is 91.1 Å². The van der Waals surface area contributed by atoms with Crippen LogP contribution in [-0.2, 0) is 25.9 Å². The van der Waals surface area contributed by atoms with Gasteiger partial charge in [0.2, 0.25) is 0 Å². The summed E-state index contributed by atoms with van der Waals surface area (Å²) >= 11 is 1.76. The van der Waals surface area contributed by atoms with Gasteiger partial charge < -0.3 is 4.90 Å². The third-order valence-corrected chi connectivity index (χ3v) is 7.09. The zero-order valence-corrected chi connectivity index (χ0v) is 19.0. The summed E-state index contributed by atoms with van der Waals surface area (Å²) in [6.45, 7) is 6.10. The van der Waals surface area contributed by atoms with Crippen molar-refractivity contribution in [3.8, 4) is 0 Å². The molecule has 156 valence electrons. The number of aromatic nitrogens is 2. The largest absolute Gasteiger partial charge is 0.302 e. The SMILES string of the molecule is CCCCCCCCCn1c(CN(C)C)nc2sc3c(c2c1=O)CCC(C)C3. The van der Waals surface area contributed by atoms with Gasteiger partial charge in [0.15, 0.2) is 0 Å². The Morgan fingerprint density at radius 3 is 2.57 bits per heavy atom. The van der Waals surface area contributed by atoms with Gasteiger partial charge in [-0.1, -0.05) is 52.4 Å². The quantitative estimate of drug-likeness (QED) is 0.499. The summed E-state index contributed by atoms with van der Waals surface area (Å²) in [6.07, 6.45) is 12.2. The van der Waals surface area contributed by atoms with E-state index in [1.165, 1.54) is 55.4 Å². The van der Waals surface area contributed by atoms with Crippen molar-refractivity contribution in [1.82, 2.24) is 14.5 Å². The fourth-order valence-electron chi connectivity index (χ4n) is 4.33. The van der Waals surface area contributed by atoms with Gasteiger partial charge in [0.05, 0.1) is 11.9 Å². The number of rotatable bonds is 10. The van der Waals surface area contributed by atoms with Gasteiger partial charge >= 0.3 is 0 Å². The Balaban J connectivity index is 1.82. The highest BCUT2D eigenvalue weighted by Gasteiger charge is 2.24. The molecular weight excluding hydrogens is 366 g/mol. The maximum absolute atomic E-state index is 13.5. The molecular formula is C23H37N3OS. The zero-order chi connectivity index (χ0) is 20.1. The maximum atomic E-state index is 13.5. The number of hydrogen-bond donors (Lipinski definition) is 0. The lowest BCUT2D eigenvalue weighted by molar-refractivity contribution is 0.374. The molecule has 4 nitrogen and oxygen atoms in total. The van der Waals surface area contributed by atoms with E-state index in [9.17, 15) is 4.79 Å². The number of hydrogen-bond acceptors (Lipinski definition) is 4. The second kappa shape index (κ2) is 10.0. The summed E-state index contributed by atoms with van der Waals surface area (Å²) in [5, 5.41) is 0.928. The van der Waals surface area contributed by atoms with E-state index in [1.807, 2.05) is 4.57 Å². The average molecular weight is 404 g/mol. The molecule has 0 fully saturated rings. The van der Waals surface area contributed by atoms with Crippen molar-refractivity contribution >= 4 is 21.6 Å². The molecule has 0 radical (unpaired) electrons. The van der Waals surface area contributed by atoms with E-state index in [0.717, 1.165) is 54.3 Å². The highest BCUT2D eigenvalue weighted by atomic mass is 32.1. The first-order valence-electron chi connectivity index (χ1n) is 11.2. The van der Waals surface area contributed by atoms with Crippen LogP contribution in [0.1, 0.15) is 81.5 Å².